The molecule has 2 saturated heterocycles. The monoisotopic (exact) mass is 355 g/mol. The Bertz CT molecular complexity index is 629. The van der Waals surface area contributed by atoms with Gasteiger partial charge in [-0.15, -0.1) is 0 Å². The maximum Gasteiger partial charge on any atom is 0.255 e. The quantitative estimate of drug-likeness (QED) is 0.850. The first-order chi connectivity index (χ1) is 11.6. The third-order valence-corrected chi connectivity index (χ3v) is 4.57. The van der Waals surface area contributed by atoms with Crippen molar-refractivity contribution in [2.24, 2.45) is 0 Å². The van der Waals surface area contributed by atoms with Gasteiger partial charge in [-0.05, 0) is 18.2 Å². The predicted molar refractivity (Wildman–Crippen MR) is 86.5 cm³/mol. The smallest absolute Gasteiger partial charge is 0.255 e. The molecule has 2 heterocycles. The molecule has 1 N–H and O–H groups in total. The van der Waals surface area contributed by atoms with E-state index in [9.17, 15) is 14.0 Å². The van der Waals surface area contributed by atoms with Crippen LogP contribution >= 0.6 is 11.6 Å². The van der Waals surface area contributed by atoms with Crippen LogP contribution in [-0.2, 0) is 9.53 Å². The number of hydrogen-bond acceptors (Lipinski definition) is 4. The van der Waals surface area contributed by atoms with Crippen molar-refractivity contribution in [3.05, 3.63) is 34.6 Å². The van der Waals surface area contributed by atoms with E-state index in [2.05, 4.69) is 5.32 Å². The summed E-state index contributed by atoms with van der Waals surface area (Å²) in [5.41, 5.74) is 0.278. The van der Waals surface area contributed by atoms with Gasteiger partial charge >= 0.3 is 0 Å². The molecule has 6 nitrogen and oxygen atoms in total. The number of hydrogen-bond donors (Lipinski definition) is 1. The molecule has 130 valence electrons. The minimum Gasteiger partial charge on any atom is -0.378 e. The van der Waals surface area contributed by atoms with Crippen molar-refractivity contribution in [2.75, 3.05) is 45.9 Å². The molecule has 2 aliphatic heterocycles. The number of carbonyl (C=O) groups is 2. The first kappa shape index (κ1) is 17.1. The minimum absolute atomic E-state index is 0.00149. The Morgan fingerprint density at radius 1 is 1.21 bits per heavy atom. The van der Waals surface area contributed by atoms with Crippen LogP contribution in [0.1, 0.15) is 10.4 Å². The summed E-state index contributed by atoms with van der Waals surface area (Å²) in [5, 5.41) is 3.24. The van der Waals surface area contributed by atoms with Crippen LogP contribution in [0.15, 0.2) is 18.2 Å². The molecule has 2 fully saturated rings. The zero-order chi connectivity index (χ0) is 17.1. The molecule has 2 aliphatic rings. The topological polar surface area (TPSA) is 61.9 Å². The number of morpholine rings is 1. The second-order valence-corrected chi connectivity index (χ2v) is 6.23. The van der Waals surface area contributed by atoms with Gasteiger partial charge in [-0.25, -0.2) is 4.39 Å². The molecule has 3 rings (SSSR count). The standard InChI is InChI=1S/C16H19ClFN3O3/c17-13-9-11(18)1-2-12(13)15(22)20-4-6-21(7-5-20)16(23)14-10-24-8-3-19-14/h1-2,9,14,19H,3-8,10H2. The fourth-order valence-corrected chi connectivity index (χ4v) is 3.16. The maximum absolute atomic E-state index is 13.1. The van der Waals surface area contributed by atoms with E-state index < -0.39 is 5.82 Å². The maximum atomic E-state index is 13.1. The first-order valence-corrected chi connectivity index (χ1v) is 8.28. The van der Waals surface area contributed by atoms with Crippen LogP contribution in [-0.4, -0.2) is 73.6 Å². The lowest BCUT2D eigenvalue weighted by Crippen LogP contribution is -2.57. The molecule has 1 atom stereocenters. The number of carbonyl (C=O) groups excluding carboxylic acids is 2. The number of ether oxygens (including phenoxy) is 1. The molecule has 0 bridgehead atoms. The van der Waals surface area contributed by atoms with Crippen molar-refractivity contribution >= 4 is 23.4 Å². The Kier molecular flexibility index (Phi) is 5.33. The highest BCUT2D eigenvalue weighted by molar-refractivity contribution is 6.33. The first-order valence-electron chi connectivity index (χ1n) is 7.90. The summed E-state index contributed by atoms with van der Waals surface area (Å²) in [6.07, 6.45) is 0. The molecule has 0 radical (unpaired) electrons. The average Bonchev–Trinajstić information content (AvgIpc) is 2.61. The number of benzene rings is 1. The molecule has 1 unspecified atom stereocenters. The molecule has 24 heavy (non-hydrogen) atoms. The number of nitrogens with one attached hydrogen (secondary N) is 1. The predicted octanol–water partition coefficient (Wildman–Crippen LogP) is 0.752. The van der Waals surface area contributed by atoms with Crippen LogP contribution in [0.25, 0.3) is 0 Å². The molecule has 1 aromatic rings. The summed E-state index contributed by atoms with van der Waals surface area (Å²) < 4.78 is 18.4. The molecule has 0 aromatic heterocycles. The number of amides is 2. The summed E-state index contributed by atoms with van der Waals surface area (Å²) in [6.45, 7) is 3.42. The average molecular weight is 356 g/mol. The van der Waals surface area contributed by atoms with Crippen molar-refractivity contribution in [1.29, 1.82) is 0 Å². The van der Waals surface area contributed by atoms with E-state index >= 15 is 0 Å². The summed E-state index contributed by atoms with van der Waals surface area (Å²) in [7, 11) is 0. The van der Waals surface area contributed by atoms with Crippen LogP contribution in [0.3, 0.4) is 0 Å². The molecule has 8 heteroatoms. The van der Waals surface area contributed by atoms with Crippen molar-refractivity contribution in [2.45, 2.75) is 6.04 Å². The Morgan fingerprint density at radius 3 is 2.54 bits per heavy atom. The molecule has 2 amide bonds. The third-order valence-electron chi connectivity index (χ3n) is 4.26. The largest absolute Gasteiger partial charge is 0.378 e. The summed E-state index contributed by atoms with van der Waals surface area (Å²) in [4.78, 5) is 28.3. The van der Waals surface area contributed by atoms with Gasteiger partial charge in [0.25, 0.3) is 5.91 Å². The number of piperazine rings is 1. The van der Waals surface area contributed by atoms with Crippen molar-refractivity contribution < 1.29 is 18.7 Å². The second-order valence-electron chi connectivity index (χ2n) is 5.82. The zero-order valence-electron chi connectivity index (χ0n) is 13.1. The van der Waals surface area contributed by atoms with Gasteiger partial charge in [-0.3, -0.25) is 9.59 Å². The van der Waals surface area contributed by atoms with E-state index in [1.165, 1.54) is 12.1 Å². The number of nitrogens with zero attached hydrogens (tertiary/aromatic N) is 2. The fourth-order valence-electron chi connectivity index (χ4n) is 2.91. The van der Waals surface area contributed by atoms with E-state index in [0.29, 0.717) is 45.9 Å². The second kappa shape index (κ2) is 7.46. The molecule has 1 aromatic carbocycles. The van der Waals surface area contributed by atoms with Gasteiger partial charge in [0.15, 0.2) is 0 Å². The van der Waals surface area contributed by atoms with Crippen LogP contribution in [0, 0.1) is 5.82 Å². The molecule has 0 saturated carbocycles. The van der Waals surface area contributed by atoms with Crippen molar-refractivity contribution in [1.82, 2.24) is 15.1 Å². The van der Waals surface area contributed by atoms with E-state index in [4.69, 9.17) is 16.3 Å². The third kappa shape index (κ3) is 3.68. The zero-order valence-corrected chi connectivity index (χ0v) is 13.9. The summed E-state index contributed by atoms with van der Waals surface area (Å²) >= 11 is 5.95. The lowest BCUT2D eigenvalue weighted by atomic mass is 10.1. The van der Waals surface area contributed by atoms with Crippen LogP contribution in [0.2, 0.25) is 5.02 Å². The Labute approximate surface area is 144 Å². The van der Waals surface area contributed by atoms with Gasteiger partial charge in [-0.1, -0.05) is 11.6 Å². The van der Waals surface area contributed by atoms with E-state index in [1.807, 2.05) is 0 Å². The molecule has 0 spiro atoms. The minimum atomic E-state index is -0.478. The van der Waals surface area contributed by atoms with Crippen molar-refractivity contribution in [3.8, 4) is 0 Å². The summed E-state index contributed by atoms with van der Waals surface area (Å²) in [6, 6.07) is 3.42. The van der Waals surface area contributed by atoms with Crippen LogP contribution < -0.4 is 5.32 Å². The van der Waals surface area contributed by atoms with Gasteiger partial charge in [0.2, 0.25) is 5.91 Å². The van der Waals surface area contributed by atoms with E-state index in [-0.39, 0.29) is 28.4 Å². The Morgan fingerprint density at radius 2 is 1.92 bits per heavy atom. The lowest BCUT2D eigenvalue weighted by molar-refractivity contribution is -0.137. The summed E-state index contributed by atoms with van der Waals surface area (Å²) in [5.74, 6) is -0.720. The highest BCUT2D eigenvalue weighted by atomic mass is 35.5. The van der Waals surface area contributed by atoms with Crippen molar-refractivity contribution in [3.63, 3.8) is 0 Å². The normalized spacial score (nSPS) is 21.7. The molecule has 0 aliphatic carbocycles. The van der Waals surface area contributed by atoms with Gasteiger partial charge < -0.3 is 19.9 Å². The molecular formula is C16H19ClFN3O3. The SMILES string of the molecule is O=C(c1ccc(F)cc1Cl)N1CCN(C(=O)C2COCCN2)CC1. The van der Waals surface area contributed by atoms with Crippen LogP contribution in [0.5, 0.6) is 0 Å². The van der Waals surface area contributed by atoms with Gasteiger partial charge in [0.05, 0.1) is 23.8 Å². The van der Waals surface area contributed by atoms with Gasteiger partial charge in [-0.2, -0.15) is 0 Å². The number of halogens is 2. The van der Waals surface area contributed by atoms with Gasteiger partial charge in [0, 0.05) is 32.7 Å². The number of rotatable bonds is 2. The highest BCUT2D eigenvalue weighted by Crippen LogP contribution is 2.20. The Hall–Kier alpha value is -1.70. The lowest BCUT2D eigenvalue weighted by Gasteiger charge is -2.37. The van der Waals surface area contributed by atoms with E-state index in [1.54, 1.807) is 9.80 Å². The Balaban J connectivity index is 1.58. The van der Waals surface area contributed by atoms with E-state index in [0.717, 1.165) is 6.07 Å². The fraction of sp³-hybridized carbons (Fsp3) is 0.500. The van der Waals surface area contributed by atoms with Gasteiger partial charge in [0.1, 0.15) is 11.9 Å². The highest BCUT2D eigenvalue weighted by Gasteiger charge is 2.30. The molecular weight excluding hydrogens is 337 g/mol. The van der Waals surface area contributed by atoms with Crippen LogP contribution in [0.4, 0.5) is 4.39 Å².